The molecule has 0 fully saturated rings. The Hall–Kier alpha value is -7.56. The first kappa shape index (κ1) is 30.9. The quantitative estimate of drug-likeness (QED) is 0.170. The van der Waals surface area contributed by atoms with E-state index in [4.69, 9.17) is 9.97 Å². The predicted molar refractivity (Wildman–Crippen MR) is 234 cm³/mol. The van der Waals surface area contributed by atoms with Crippen molar-refractivity contribution < 1.29 is 0 Å². The average Bonchev–Trinajstić information content (AvgIpc) is 3.80. The maximum absolute atomic E-state index is 5.46. The zero-order valence-corrected chi connectivity index (χ0v) is 30.3. The maximum atomic E-state index is 5.46. The van der Waals surface area contributed by atoms with Crippen molar-refractivity contribution in [1.82, 2.24) is 19.1 Å². The van der Waals surface area contributed by atoms with Crippen molar-refractivity contribution in [1.29, 1.82) is 0 Å². The molecule has 260 valence electrons. The molecule has 3 heterocycles. The highest BCUT2D eigenvalue weighted by Crippen LogP contribution is 2.43. The van der Waals surface area contributed by atoms with E-state index in [0.717, 1.165) is 49.9 Å². The first-order chi connectivity index (χ1) is 27.8. The van der Waals surface area contributed by atoms with E-state index in [0.29, 0.717) is 0 Å². The van der Waals surface area contributed by atoms with Gasteiger partial charge in [0.1, 0.15) is 0 Å². The summed E-state index contributed by atoms with van der Waals surface area (Å²) in [5, 5.41) is 9.43. The smallest absolute Gasteiger partial charge is 0.156 e. The summed E-state index contributed by atoms with van der Waals surface area (Å²) in [5.74, 6) is 0.801. The fourth-order valence-corrected chi connectivity index (χ4v) is 9.10. The second-order valence-electron chi connectivity index (χ2n) is 14.6. The van der Waals surface area contributed by atoms with Crippen molar-refractivity contribution in [3.05, 3.63) is 194 Å². The molecule has 4 heteroatoms. The molecule has 0 spiro atoms. The molecule has 12 rings (SSSR count). The Morgan fingerprint density at radius 3 is 1.34 bits per heavy atom. The third-order valence-electron chi connectivity index (χ3n) is 11.5. The molecule has 0 saturated heterocycles. The Kier molecular flexibility index (Phi) is 6.60. The van der Waals surface area contributed by atoms with Gasteiger partial charge in [0.2, 0.25) is 0 Å². The molecule has 0 amide bonds. The summed E-state index contributed by atoms with van der Waals surface area (Å²) in [4.78, 5) is 10.6. The highest BCUT2D eigenvalue weighted by atomic mass is 15.1. The molecule has 0 N–H and O–H groups in total. The first-order valence-corrected chi connectivity index (χ1v) is 19.1. The van der Waals surface area contributed by atoms with E-state index in [9.17, 15) is 0 Å². The SMILES string of the molecule is c1ccc(-c2cc(-c3ccccc3)cc(-n3c4ccccc4c4c5c6ccccc6n(-c6cnc7c8ccccc8c8ccccc8c7n6)c5ccc43)c2)cc1. The lowest BCUT2D eigenvalue weighted by atomic mass is 9.98. The molecule has 0 saturated carbocycles. The number of benzene rings is 9. The van der Waals surface area contributed by atoms with Gasteiger partial charge in [0.25, 0.3) is 0 Å². The van der Waals surface area contributed by atoms with Crippen LogP contribution in [0.15, 0.2) is 194 Å². The summed E-state index contributed by atoms with van der Waals surface area (Å²) >= 11 is 0. The number of nitrogens with zero attached hydrogens (tertiary/aromatic N) is 4. The summed E-state index contributed by atoms with van der Waals surface area (Å²) in [6.45, 7) is 0. The molecular formula is C52H32N4. The highest BCUT2D eigenvalue weighted by molar-refractivity contribution is 6.29. The summed E-state index contributed by atoms with van der Waals surface area (Å²) in [7, 11) is 0. The lowest BCUT2D eigenvalue weighted by Crippen LogP contribution is -2.00. The van der Waals surface area contributed by atoms with Gasteiger partial charge >= 0.3 is 0 Å². The lowest BCUT2D eigenvalue weighted by molar-refractivity contribution is 1.08. The van der Waals surface area contributed by atoms with E-state index >= 15 is 0 Å². The van der Waals surface area contributed by atoms with Gasteiger partial charge in [-0.2, -0.15) is 0 Å². The van der Waals surface area contributed by atoms with Crippen molar-refractivity contribution in [2.45, 2.75) is 0 Å². The normalized spacial score (nSPS) is 11.9. The van der Waals surface area contributed by atoms with Crippen LogP contribution >= 0.6 is 0 Å². The number of fused-ring (bicyclic) bond motifs is 13. The van der Waals surface area contributed by atoms with E-state index in [2.05, 4.69) is 197 Å². The van der Waals surface area contributed by atoms with Crippen LogP contribution in [0.25, 0.3) is 110 Å². The Morgan fingerprint density at radius 1 is 0.321 bits per heavy atom. The minimum atomic E-state index is 0.801. The highest BCUT2D eigenvalue weighted by Gasteiger charge is 2.22. The van der Waals surface area contributed by atoms with Crippen LogP contribution in [0.1, 0.15) is 0 Å². The minimum Gasteiger partial charge on any atom is -0.309 e. The van der Waals surface area contributed by atoms with Crippen LogP contribution in [-0.2, 0) is 0 Å². The zero-order valence-electron chi connectivity index (χ0n) is 30.3. The molecule has 3 aromatic heterocycles. The van der Waals surface area contributed by atoms with Crippen molar-refractivity contribution in [2.75, 3.05) is 0 Å². The van der Waals surface area contributed by atoms with Crippen LogP contribution in [-0.4, -0.2) is 19.1 Å². The van der Waals surface area contributed by atoms with E-state index in [1.165, 1.54) is 60.1 Å². The first-order valence-electron chi connectivity index (χ1n) is 19.1. The van der Waals surface area contributed by atoms with E-state index in [-0.39, 0.29) is 0 Å². The Bertz CT molecular complexity index is 3430. The van der Waals surface area contributed by atoms with E-state index < -0.39 is 0 Å². The van der Waals surface area contributed by atoms with Crippen LogP contribution in [0.3, 0.4) is 0 Å². The molecule has 12 aromatic rings. The third kappa shape index (κ3) is 4.47. The summed E-state index contributed by atoms with van der Waals surface area (Å²) in [5.41, 5.74) is 12.2. The van der Waals surface area contributed by atoms with Crippen LogP contribution in [0, 0.1) is 0 Å². The molecule has 56 heavy (non-hydrogen) atoms. The number of aromatic nitrogens is 4. The Morgan fingerprint density at radius 2 is 0.768 bits per heavy atom. The largest absolute Gasteiger partial charge is 0.309 e. The number of hydrogen-bond donors (Lipinski definition) is 0. The van der Waals surface area contributed by atoms with Gasteiger partial charge in [-0.15, -0.1) is 0 Å². The monoisotopic (exact) mass is 712 g/mol. The predicted octanol–water partition coefficient (Wildman–Crippen LogP) is 13.5. The van der Waals surface area contributed by atoms with Crippen molar-refractivity contribution in [2.24, 2.45) is 0 Å². The van der Waals surface area contributed by atoms with E-state index in [1.54, 1.807) is 0 Å². The number of hydrogen-bond acceptors (Lipinski definition) is 2. The minimum absolute atomic E-state index is 0.801. The van der Waals surface area contributed by atoms with Crippen molar-refractivity contribution in [3.63, 3.8) is 0 Å². The molecule has 0 aliphatic carbocycles. The van der Waals surface area contributed by atoms with Gasteiger partial charge in [-0.1, -0.05) is 146 Å². The molecule has 9 aromatic carbocycles. The fraction of sp³-hybridized carbons (Fsp3) is 0. The molecule has 0 aliphatic heterocycles. The standard InChI is InChI=1S/C52H32N4/c1-3-15-33(16-4-1)35-29-36(34-17-5-2-6-18-34)31-37(30-35)55-44-25-13-11-23-42(44)49-46(55)27-28-47-50(49)43-24-12-14-26-45(43)56(47)48-32-53-51-40-21-9-7-19-38(40)39-20-8-10-22-41(39)52(51)54-48/h1-32H. The Balaban J connectivity index is 1.16. The van der Waals surface area contributed by atoms with E-state index in [1.807, 2.05) is 6.20 Å². The molecule has 0 atom stereocenters. The van der Waals surface area contributed by atoms with Gasteiger partial charge in [-0.3, -0.25) is 9.55 Å². The molecule has 0 unspecified atom stereocenters. The molecule has 4 nitrogen and oxygen atoms in total. The third-order valence-corrected chi connectivity index (χ3v) is 11.5. The van der Waals surface area contributed by atoms with Crippen LogP contribution in [0.4, 0.5) is 0 Å². The summed E-state index contributed by atoms with van der Waals surface area (Å²) in [6.07, 6.45) is 1.95. The Labute approximate surface area is 322 Å². The van der Waals surface area contributed by atoms with Crippen LogP contribution in [0.2, 0.25) is 0 Å². The van der Waals surface area contributed by atoms with Crippen molar-refractivity contribution in [3.8, 4) is 33.8 Å². The van der Waals surface area contributed by atoms with Crippen LogP contribution < -0.4 is 0 Å². The van der Waals surface area contributed by atoms with Gasteiger partial charge in [0.05, 0.1) is 39.3 Å². The van der Waals surface area contributed by atoms with Gasteiger partial charge in [-0.05, 0) is 75.5 Å². The fourth-order valence-electron chi connectivity index (χ4n) is 9.10. The topological polar surface area (TPSA) is 35.6 Å². The molecular weight excluding hydrogens is 681 g/mol. The van der Waals surface area contributed by atoms with Crippen molar-refractivity contribution >= 4 is 76.2 Å². The zero-order chi connectivity index (χ0) is 36.7. The van der Waals surface area contributed by atoms with Crippen LogP contribution in [0.5, 0.6) is 0 Å². The summed E-state index contributed by atoms with van der Waals surface area (Å²) < 4.78 is 4.75. The molecule has 0 aliphatic rings. The molecule has 0 bridgehead atoms. The average molecular weight is 713 g/mol. The lowest BCUT2D eigenvalue weighted by Gasteiger charge is -2.14. The summed E-state index contributed by atoms with van der Waals surface area (Å²) in [6, 6.07) is 67.6. The maximum Gasteiger partial charge on any atom is 0.156 e. The second kappa shape index (κ2) is 12.0. The number of rotatable bonds is 4. The molecule has 0 radical (unpaired) electrons. The van der Waals surface area contributed by atoms with Gasteiger partial charge in [0, 0.05) is 38.0 Å². The van der Waals surface area contributed by atoms with Gasteiger partial charge in [0.15, 0.2) is 5.82 Å². The number of para-hydroxylation sites is 2. The van der Waals surface area contributed by atoms with Gasteiger partial charge < -0.3 is 4.57 Å². The van der Waals surface area contributed by atoms with Gasteiger partial charge in [-0.25, -0.2) is 4.98 Å². The second-order valence-corrected chi connectivity index (χ2v) is 14.6.